The number of hydrogen-bond acceptors (Lipinski definition) is 7. The summed E-state index contributed by atoms with van der Waals surface area (Å²) in [6.45, 7) is 4.27. The maximum atomic E-state index is 13.1. The van der Waals surface area contributed by atoms with E-state index in [1.807, 2.05) is 12.1 Å². The van der Waals surface area contributed by atoms with Gasteiger partial charge in [0.2, 0.25) is 12.7 Å². The molecule has 31 heavy (non-hydrogen) atoms. The van der Waals surface area contributed by atoms with Crippen molar-refractivity contribution in [2.75, 3.05) is 45.0 Å². The number of benzene rings is 2. The van der Waals surface area contributed by atoms with Crippen LogP contribution in [0.5, 0.6) is 17.2 Å². The first-order chi connectivity index (χ1) is 15.1. The predicted octanol–water partition coefficient (Wildman–Crippen LogP) is 1.87. The van der Waals surface area contributed by atoms with Crippen molar-refractivity contribution in [3.05, 3.63) is 48.0 Å². The van der Waals surface area contributed by atoms with E-state index < -0.39 is 6.04 Å². The van der Waals surface area contributed by atoms with Gasteiger partial charge < -0.3 is 14.2 Å². The number of imide groups is 1. The van der Waals surface area contributed by atoms with E-state index in [1.54, 1.807) is 31.4 Å². The molecule has 0 spiro atoms. The first kappa shape index (κ1) is 19.8. The van der Waals surface area contributed by atoms with E-state index >= 15 is 0 Å². The number of piperazine rings is 1. The van der Waals surface area contributed by atoms with Gasteiger partial charge in [-0.3, -0.25) is 19.4 Å². The summed E-state index contributed by atoms with van der Waals surface area (Å²) in [6, 6.07) is 12.7. The standard InChI is InChI=1S/C23H25N3O5/c1-29-18-4-2-3-17(12-18)26-22(27)13-19(23(26)28)25-9-7-24(8-10-25)14-16-5-6-20-21(11-16)31-15-30-20/h2-6,11-12,19H,7-10,13-15H2,1H3. The molecule has 8 nitrogen and oxygen atoms in total. The summed E-state index contributed by atoms with van der Waals surface area (Å²) in [5.41, 5.74) is 1.74. The molecule has 162 valence electrons. The van der Waals surface area contributed by atoms with Crippen LogP contribution in [0.25, 0.3) is 0 Å². The fraction of sp³-hybridized carbons (Fsp3) is 0.391. The molecule has 5 rings (SSSR count). The first-order valence-electron chi connectivity index (χ1n) is 10.5. The SMILES string of the molecule is COc1cccc(N2C(=O)CC(N3CCN(Cc4ccc5c(c4)OCO5)CC3)C2=O)c1. The molecule has 0 aromatic heterocycles. The average molecular weight is 423 g/mol. The van der Waals surface area contributed by atoms with Crippen LogP contribution in [0.3, 0.4) is 0 Å². The Morgan fingerprint density at radius 2 is 1.81 bits per heavy atom. The van der Waals surface area contributed by atoms with Crippen LogP contribution in [0.15, 0.2) is 42.5 Å². The fourth-order valence-electron chi connectivity index (χ4n) is 4.45. The number of methoxy groups -OCH3 is 1. The van der Waals surface area contributed by atoms with Crippen LogP contribution in [0, 0.1) is 0 Å². The predicted molar refractivity (Wildman–Crippen MR) is 113 cm³/mol. The minimum atomic E-state index is -0.397. The van der Waals surface area contributed by atoms with Gasteiger partial charge in [0.05, 0.1) is 25.3 Å². The van der Waals surface area contributed by atoms with Gasteiger partial charge in [0.15, 0.2) is 11.5 Å². The molecular formula is C23H25N3O5. The normalized spacial score (nSPS) is 21.7. The fourth-order valence-corrected chi connectivity index (χ4v) is 4.45. The Morgan fingerprint density at radius 3 is 2.61 bits per heavy atom. The third-order valence-electron chi connectivity index (χ3n) is 6.13. The van der Waals surface area contributed by atoms with Gasteiger partial charge in [-0.25, -0.2) is 4.90 Å². The van der Waals surface area contributed by atoms with Crippen molar-refractivity contribution in [2.24, 2.45) is 0 Å². The number of carbonyl (C=O) groups excluding carboxylic acids is 2. The first-order valence-corrected chi connectivity index (χ1v) is 10.5. The van der Waals surface area contributed by atoms with Crippen LogP contribution in [0.4, 0.5) is 5.69 Å². The van der Waals surface area contributed by atoms with E-state index in [0.29, 0.717) is 11.4 Å². The summed E-state index contributed by atoms with van der Waals surface area (Å²) in [5.74, 6) is 1.90. The Labute approximate surface area is 180 Å². The second-order valence-electron chi connectivity index (χ2n) is 7.99. The topological polar surface area (TPSA) is 71.6 Å². The highest BCUT2D eigenvalue weighted by Gasteiger charge is 2.43. The van der Waals surface area contributed by atoms with E-state index in [1.165, 1.54) is 10.5 Å². The monoisotopic (exact) mass is 423 g/mol. The minimum Gasteiger partial charge on any atom is -0.497 e. The summed E-state index contributed by atoms with van der Waals surface area (Å²) in [5, 5.41) is 0. The average Bonchev–Trinajstić information content (AvgIpc) is 3.37. The lowest BCUT2D eigenvalue weighted by Gasteiger charge is -2.37. The summed E-state index contributed by atoms with van der Waals surface area (Å²) < 4.78 is 16.1. The largest absolute Gasteiger partial charge is 0.497 e. The summed E-state index contributed by atoms with van der Waals surface area (Å²) in [7, 11) is 1.57. The van der Waals surface area contributed by atoms with Gasteiger partial charge in [-0.15, -0.1) is 0 Å². The van der Waals surface area contributed by atoms with Gasteiger partial charge >= 0.3 is 0 Å². The molecule has 0 bridgehead atoms. The van der Waals surface area contributed by atoms with Crippen LogP contribution in [-0.4, -0.2) is 67.7 Å². The lowest BCUT2D eigenvalue weighted by Crippen LogP contribution is -2.52. The molecule has 1 unspecified atom stereocenters. The highest BCUT2D eigenvalue weighted by Crippen LogP contribution is 2.33. The minimum absolute atomic E-state index is 0.150. The summed E-state index contributed by atoms with van der Waals surface area (Å²) in [4.78, 5) is 31.5. The molecule has 0 N–H and O–H groups in total. The number of hydrogen-bond donors (Lipinski definition) is 0. The van der Waals surface area contributed by atoms with E-state index in [9.17, 15) is 9.59 Å². The van der Waals surface area contributed by atoms with Crippen molar-refractivity contribution >= 4 is 17.5 Å². The van der Waals surface area contributed by atoms with Crippen LogP contribution < -0.4 is 19.1 Å². The van der Waals surface area contributed by atoms with Gasteiger partial charge in [0, 0.05) is 38.8 Å². The lowest BCUT2D eigenvalue weighted by atomic mass is 10.1. The van der Waals surface area contributed by atoms with Crippen LogP contribution in [-0.2, 0) is 16.1 Å². The molecule has 0 aliphatic carbocycles. The van der Waals surface area contributed by atoms with Crippen molar-refractivity contribution in [3.8, 4) is 17.2 Å². The lowest BCUT2D eigenvalue weighted by molar-refractivity contribution is -0.123. The van der Waals surface area contributed by atoms with Crippen LogP contribution >= 0.6 is 0 Å². The second-order valence-corrected chi connectivity index (χ2v) is 7.99. The summed E-state index contributed by atoms with van der Waals surface area (Å²) >= 11 is 0. The molecule has 2 aromatic carbocycles. The van der Waals surface area contributed by atoms with Crippen molar-refractivity contribution in [3.63, 3.8) is 0 Å². The molecule has 1 atom stereocenters. The molecule has 3 aliphatic rings. The highest BCUT2D eigenvalue weighted by molar-refractivity contribution is 6.22. The molecule has 2 amide bonds. The van der Waals surface area contributed by atoms with Crippen LogP contribution in [0.1, 0.15) is 12.0 Å². The van der Waals surface area contributed by atoms with E-state index in [4.69, 9.17) is 14.2 Å². The molecule has 3 aliphatic heterocycles. The van der Waals surface area contributed by atoms with E-state index in [-0.39, 0.29) is 25.0 Å². The number of anilines is 1. The van der Waals surface area contributed by atoms with E-state index in [2.05, 4.69) is 15.9 Å². The number of ether oxygens (including phenoxy) is 3. The van der Waals surface area contributed by atoms with Gasteiger partial charge in [-0.1, -0.05) is 12.1 Å². The van der Waals surface area contributed by atoms with Gasteiger partial charge in [0.1, 0.15) is 5.75 Å². The Hall–Kier alpha value is -3.10. The van der Waals surface area contributed by atoms with Gasteiger partial charge in [0.25, 0.3) is 5.91 Å². The zero-order chi connectivity index (χ0) is 21.4. The maximum Gasteiger partial charge on any atom is 0.251 e. The van der Waals surface area contributed by atoms with Crippen LogP contribution in [0.2, 0.25) is 0 Å². The molecule has 2 aromatic rings. The molecule has 2 saturated heterocycles. The Morgan fingerprint density at radius 1 is 1.00 bits per heavy atom. The third kappa shape index (κ3) is 3.84. The zero-order valence-corrected chi connectivity index (χ0v) is 17.5. The number of rotatable bonds is 5. The van der Waals surface area contributed by atoms with Crippen molar-refractivity contribution in [1.29, 1.82) is 0 Å². The van der Waals surface area contributed by atoms with Crippen molar-refractivity contribution in [2.45, 2.75) is 19.0 Å². The Bertz CT molecular complexity index is 1000. The molecule has 8 heteroatoms. The molecule has 2 fully saturated rings. The molecular weight excluding hydrogens is 398 g/mol. The Balaban J connectivity index is 1.20. The summed E-state index contributed by atoms with van der Waals surface area (Å²) in [6.07, 6.45) is 0.220. The molecule has 0 saturated carbocycles. The third-order valence-corrected chi connectivity index (χ3v) is 6.13. The molecule has 0 radical (unpaired) electrons. The van der Waals surface area contributed by atoms with Crippen molar-refractivity contribution < 1.29 is 23.8 Å². The Kier molecular flexibility index (Phi) is 5.25. The van der Waals surface area contributed by atoms with Gasteiger partial charge in [-0.05, 0) is 29.8 Å². The number of amides is 2. The zero-order valence-electron chi connectivity index (χ0n) is 17.5. The highest BCUT2D eigenvalue weighted by atomic mass is 16.7. The maximum absolute atomic E-state index is 13.1. The second kappa shape index (κ2) is 8.20. The molecule has 3 heterocycles. The number of nitrogens with zero attached hydrogens (tertiary/aromatic N) is 3. The van der Waals surface area contributed by atoms with Gasteiger partial charge in [-0.2, -0.15) is 0 Å². The van der Waals surface area contributed by atoms with Crippen molar-refractivity contribution in [1.82, 2.24) is 9.80 Å². The smallest absolute Gasteiger partial charge is 0.251 e. The number of carbonyl (C=O) groups is 2. The van der Waals surface area contributed by atoms with E-state index in [0.717, 1.165) is 44.2 Å². The number of fused-ring (bicyclic) bond motifs is 1. The quantitative estimate of drug-likeness (QED) is 0.680.